The molecule has 0 spiro atoms. The van der Waals surface area contributed by atoms with Crippen LogP contribution in [0.15, 0.2) is 59.9 Å². The number of fused-ring (bicyclic) bond motifs is 2. The zero-order valence-corrected chi connectivity index (χ0v) is 20.8. The fourth-order valence-corrected chi connectivity index (χ4v) is 4.91. The number of aromatic amines is 1. The third-order valence-electron chi connectivity index (χ3n) is 6.77. The van der Waals surface area contributed by atoms with Crippen LogP contribution in [-0.4, -0.2) is 60.7 Å². The predicted octanol–water partition coefficient (Wildman–Crippen LogP) is 3.37. The lowest BCUT2D eigenvalue weighted by atomic mass is 10.1. The quantitative estimate of drug-likeness (QED) is 0.368. The fraction of sp³-hybridized carbons (Fsp3) is 0.296. The maximum Gasteiger partial charge on any atom is 0.266 e. The summed E-state index contributed by atoms with van der Waals surface area (Å²) in [7, 11) is 0. The number of hydrogen-bond donors (Lipinski definition) is 2. The Morgan fingerprint density at radius 3 is 2.81 bits per heavy atom. The lowest BCUT2D eigenvalue weighted by Crippen LogP contribution is -2.35. The molecular weight excluding hydrogens is 468 g/mol. The van der Waals surface area contributed by atoms with Crippen molar-refractivity contribution in [2.75, 3.05) is 31.6 Å². The summed E-state index contributed by atoms with van der Waals surface area (Å²) in [6, 6.07) is 13.6. The van der Waals surface area contributed by atoms with E-state index in [0.29, 0.717) is 33.7 Å². The largest absolute Gasteiger partial charge is 0.379 e. The Balaban J connectivity index is 1.46. The third kappa shape index (κ3) is 4.45. The van der Waals surface area contributed by atoms with Gasteiger partial charge in [0.1, 0.15) is 17.7 Å². The van der Waals surface area contributed by atoms with E-state index < -0.39 is 0 Å². The molecule has 188 valence electrons. The average molecular weight is 497 g/mol. The molecule has 5 aromatic rings. The first-order valence-corrected chi connectivity index (χ1v) is 12.4. The van der Waals surface area contributed by atoms with Gasteiger partial charge in [-0.25, -0.2) is 19.9 Å². The van der Waals surface area contributed by atoms with Crippen LogP contribution in [0.3, 0.4) is 0 Å². The summed E-state index contributed by atoms with van der Waals surface area (Å²) in [4.78, 5) is 37.3. The van der Waals surface area contributed by atoms with Gasteiger partial charge in [-0.2, -0.15) is 0 Å². The van der Waals surface area contributed by atoms with Crippen molar-refractivity contribution in [2.45, 2.75) is 26.4 Å². The SMILES string of the molecule is Cc1cccc2nc(C(C)Nc3ncnc4nc[nH]c34)n(-c3cccc(CN4CCOCC4)c3)c(=O)c12. The van der Waals surface area contributed by atoms with Gasteiger partial charge in [0, 0.05) is 19.6 Å². The van der Waals surface area contributed by atoms with Crippen molar-refractivity contribution in [3.05, 3.63) is 82.4 Å². The van der Waals surface area contributed by atoms with E-state index in [0.717, 1.165) is 49.7 Å². The van der Waals surface area contributed by atoms with Gasteiger partial charge >= 0.3 is 0 Å². The molecule has 1 fully saturated rings. The van der Waals surface area contributed by atoms with Gasteiger partial charge in [0.2, 0.25) is 0 Å². The van der Waals surface area contributed by atoms with E-state index in [9.17, 15) is 4.79 Å². The van der Waals surface area contributed by atoms with Gasteiger partial charge in [-0.1, -0.05) is 24.3 Å². The Hall–Kier alpha value is -4.15. The van der Waals surface area contributed by atoms with Crippen LogP contribution in [-0.2, 0) is 11.3 Å². The number of nitrogens with zero attached hydrogens (tertiary/aromatic N) is 6. The molecule has 37 heavy (non-hydrogen) atoms. The molecule has 1 aliphatic rings. The molecule has 4 heterocycles. The van der Waals surface area contributed by atoms with E-state index >= 15 is 0 Å². The molecule has 1 saturated heterocycles. The summed E-state index contributed by atoms with van der Waals surface area (Å²) in [5.41, 5.74) is 4.67. The van der Waals surface area contributed by atoms with E-state index in [1.54, 1.807) is 10.9 Å². The number of H-pyrrole nitrogens is 1. The molecule has 0 amide bonds. The van der Waals surface area contributed by atoms with Crippen molar-refractivity contribution < 1.29 is 4.74 Å². The first kappa shape index (κ1) is 23.3. The highest BCUT2D eigenvalue weighted by Crippen LogP contribution is 2.25. The molecule has 2 aromatic carbocycles. The number of aromatic nitrogens is 6. The number of imidazole rings is 1. The summed E-state index contributed by atoms with van der Waals surface area (Å²) in [5.74, 6) is 1.19. The number of benzene rings is 2. The molecule has 0 aliphatic carbocycles. The third-order valence-corrected chi connectivity index (χ3v) is 6.77. The molecule has 6 rings (SSSR count). The van der Waals surface area contributed by atoms with Crippen molar-refractivity contribution in [1.82, 2.24) is 34.4 Å². The number of morpholine rings is 1. The van der Waals surface area contributed by atoms with Crippen molar-refractivity contribution in [2.24, 2.45) is 0 Å². The fourth-order valence-electron chi connectivity index (χ4n) is 4.91. The highest BCUT2D eigenvalue weighted by atomic mass is 16.5. The van der Waals surface area contributed by atoms with Crippen molar-refractivity contribution in [3.63, 3.8) is 0 Å². The Bertz CT molecular complexity index is 1640. The van der Waals surface area contributed by atoms with Crippen molar-refractivity contribution in [3.8, 4) is 5.69 Å². The Labute approximate surface area is 213 Å². The lowest BCUT2D eigenvalue weighted by Gasteiger charge is -2.27. The van der Waals surface area contributed by atoms with Gasteiger partial charge in [-0.05, 0) is 43.2 Å². The molecule has 0 bridgehead atoms. The summed E-state index contributed by atoms with van der Waals surface area (Å²) in [5, 5.41) is 4.04. The lowest BCUT2D eigenvalue weighted by molar-refractivity contribution is 0.0342. The summed E-state index contributed by atoms with van der Waals surface area (Å²) >= 11 is 0. The maximum atomic E-state index is 14.0. The molecule has 0 saturated carbocycles. The minimum atomic E-state index is -0.345. The summed E-state index contributed by atoms with van der Waals surface area (Å²) in [6.07, 6.45) is 3.06. The van der Waals surface area contributed by atoms with Crippen LogP contribution in [0.1, 0.15) is 29.9 Å². The molecule has 2 N–H and O–H groups in total. The van der Waals surface area contributed by atoms with Gasteiger partial charge in [-0.3, -0.25) is 14.3 Å². The summed E-state index contributed by atoms with van der Waals surface area (Å²) < 4.78 is 7.22. The van der Waals surface area contributed by atoms with Crippen LogP contribution in [0.25, 0.3) is 27.8 Å². The minimum Gasteiger partial charge on any atom is -0.379 e. The number of aryl methyl sites for hydroxylation is 1. The second-order valence-corrected chi connectivity index (χ2v) is 9.33. The zero-order valence-electron chi connectivity index (χ0n) is 20.8. The number of anilines is 1. The molecule has 1 aliphatic heterocycles. The van der Waals surface area contributed by atoms with Gasteiger partial charge in [0.05, 0.1) is 42.2 Å². The average Bonchev–Trinajstić information content (AvgIpc) is 3.39. The Kier molecular flexibility index (Phi) is 6.11. The standard InChI is InChI=1S/C27H28N8O2/c1-17-5-3-8-21-22(17)27(36)35(20-7-4-6-19(13-20)14-34-9-11-37-12-10-34)26(33-21)18(2)32-25-23-24(29-15-28-23)30-16-31-25/h3-8,13,15-16,18H,9-12,14H2,1-2H3,(H2,28,29,30,31,32). The van der Waals surface area contributed by atoms with Crippen LogP contribution < -0.4 is 10.9 Å². The highest BCUT2D eigenvalue weighted by Gasteiger charge is 2.21. The Morgan fingerprint density at radius 2 is 1.95 bits per heavy atom. The molecule has 10 heteroatoms. The van der Waals surface area contributed by atoms with E-state index in [-0.39, 0.29) is 11.6 Å². The molecule has 1 unspecified atom stereocenters. The minimum absolute atomic E-state index is 0.0929. The maximum absolute atomic E-state index is 14.0. The molecular formula is C27H28N8O2. The normalized spacial score (nSPS) is 15.3. The van der Waals surface area contributed by atoms with Crippen LogP contribution in [0.5, 0.6) is 0 Å². The monoisotopic (exact) mass is 496 g/mol. The van der Waals surface area contributed by atoms with Gasteiger partial charge in [0.25, 0.3) is 5.56 Å². The molecule has 1 atom stereocenters. The predicted molar refractivity (Wildman–Crippen MR) is 142 cm³/mol. The summed E-state index contributed by atoms with van der Waals surface area (Å²) in [6.45, 7) is 8.00. The van der Waals surface area contributed by atoms with Crippen LogP contribution in [0, 0.1) is 6.92 Å². The number of hydrogen-bond acceptors (Lipinski definition) is 8. The van der Waals surface area contributed by atoms with Gasteiger partial charge < -0.3 is 15.0 Å². The topological polar surface area (TPSA) is 114 Å². The van der Waals surface area contributed by atoms with Gasteiger partial charge in [-0.15, -0.1) is 0 Å². The first-order chi connectivity index (χ1) is 18.1. The van der Waals surface area contributed by atoms with E-state index in [4.69, 9.17) is 9.72 Å². The van der Waals surface area contributed by atoms with E-state index in [2.05, 4.69) is 42.3 Å². The Morgan fingerprint density at radius 1 is 1.11 bits per heavy atom. The van der Waals surface area contributed by atoms with Gasteiger partial charge in [0.15, 0.2) is 11.5 Å². The number of ether oxygens (including phenoxy) is 1. The second-order valence-electron chi connectivity index (χ2n) is 9.33. The molecule has 0 radical (unpaired) electrons. The van der Waals surface area contributed by atoms with Crippen LogP contribution in [0.4, 0.5) is 5.82 Å². The van der Waals surface area contributed by atoms with E-state index in [1.165, 1.54) is 6.33 Å². The van der Waals surface area contributed by atoms with Crippen molar-refractivity contribution in [1.29, 1.82) is 0 Å². The van der Waals surface area contributed by atoms with Crippen LogP contribution in [0.2, 0.25) is 0 Å². The smallest absolute Gasteiger partial charge is 0.266 e. The zero-order chi connectivity index (χ0) is 25.4. The van der Waals surface area contributed by atoms with E-state index in [1.807, 2.05) is 44.2 Å². The van der Waals surface area contributed by atoms with Crippen LogP contribution >= 0.6 is 0 Å². The second kappa shape index (κ2) is 9.72. The molecule has 10 nitrogen and oxygen atoms in total. The van der Waals surface area contributed by atoms with Crippen molar-refractivity contribution >= 4 is 27.9 Å². The highest BCUT2D eigenvalue weighted by molar-refractivity contribution is 5.83. The molecule has 3 aromatic heterocycles. The first-order valence-electron chi connectivity index (χ1n) is 12.4. The number of nitrogens with one attached hydrogen (secondary N) is 2. The number of rotatable bonds is 6.